The third-order valence-electron chi connectivity index (χ3n) is 8.42. The Kier molecular flexibility index (Phi) is 18.3. The predicted octanol–water partition coefficient (Wildman–Crippen LogP) is 3.07. The largest absolute Gasteiger partial charge is 0.480 e. The van der Waals surface area contributed by atoms with Crippen LogP contribution < -0.4 is 32.7 Å². The maximum absolute atomic E-state index is 13.3. The molecule has 0 aromatic heterocycles. The maximum Gasteiger partial charge on any atom is 0.326 e. The Hall–Kier alpha value is -2.70. The van der Waals surface area contributed by atoms with Crippen molar-refractivity contribution in [1.82, 2.24) is 21.3 Å². The molecule has 0 heterocycles. The van der Waals surface area contributed by atoms with Gasteiger partial charge in [0.05, 0.1) is 12.1 Å². The number of carboxylic acid groups (broad SMARTS) is 1. The summed E-state index contributed by atoms with van der Waals surface area (Å²) in [5.41, 5.74) is 13.4. The lowest BCUT2D eigenvalue weighted by Gasteiger charge is -2.34. The molecule has 0 radical (unpaired) electrons. The summed E-state index contributed by atoms with van der Waals surface area (Å²) >= 11 is 0. The summed E-state index contributed by atoms with van der Waals surface area (Å²) in [6.45, 7) is 13.3. The Balaban J connectivity index is 2.83. The van der Waals surface area contributed by atoms with E-state index in [9.17, 15) is 29.4 Å². The first-order valence-electron chi connectivity index (χ1n) is 16.8. The molecule has 0 aromatic carbocycles. The number of nitrogens with one attached hydrogen (secondary N) is 4. The Morgan fingerprint density at radius 1 is 0.778 bits per heavy atom. The van der Waals surface area contributed by atoms with E-state index in [0.29, 0.717) is 25.2 Å². The smallest absolute Gasteiger partial charge is 0.326 e. The number of primary amides is 1. The van der Waals surface area contributed by atoms with Crippen LogP contribution in [0.5, 0.6) is 0 Å². The Labute approximate surface area is 270 Å². The fourth-order valence-corrected chi connectivity index (χ4v) is 5.52. The van der Waals surface area contributed by atoms with Crippen molar-refractivity contribution >= 4 is 23.8 Å². The molecular weight excluding hydrogens is 576 g/mol. The zero-order valence-corrected chi connectivity index (χ0v) is 28.5. The van der Waals surface area contributed by atoms with Gasteiger partial charge in [0.2, 0.25) is 11.8 Å². The van der Waals surface area contributed by atoms with Crippen LogP contribution in [0.1, 0.15) is 119 Å². The van der Waals surface area contributed by atoms with Crippen LogP contribution in [0.2, 0.25) is 0 Å². The Bertz CT molecular complexity index is 979. The van der Waals surface area contributed by atoms with Gasteiger partial charge in [-0.1, -0.05) is 52.0 Å². The highest BCUT2D eigenvalue weighted by atomic mass is 16.4. The summed E-state index contributed by atoms with van der Waals surface area (Å²) in [4.78, 5) is 49.6. The van der Waals surface area contributed by atoms with Crippen LogP contribution in [-0.2, 0) is 14.4 Å². The van der Waals surface area contributed by atoms with Crippen LogP contribution in [0.4, 0.5) is 4.79 Å². The fraction of sp³-hybridized carbons (Fsp3) is 0.818. The molecule has 0 fully saturated rings. The van der Waals surface area contributed by atoms with Gasteiger partial charge in [0.1, 0.15) is 12.1 Å². The number of carbonyl (C=O) groups excluding carboxylic acids is 3. The van der Waals surface area contributed by atoms with E-state index in [4.69, 9.17) is 11.5 Å². The quantitative estimate of drug-likeness (QED) is 0.0614. The third kappa shape index (κ3) is 16.4. The molecule has 1 aliphatic rings. The highest BCUT2D eigenvalue weighted by molar-refractivity contribution is 5.92. The van der Waals surface area contributed by atoms with Crippen LogP contribution in [0.3, 0.4) is 0 Å². The number of aliphatic hydroxyl groups is 1. The lowest BCUT2D eigenvalue weighted by molar-refractivity contribution is -0.142. The molecule has 12 heteroatoms. The van der Waals surface area contributed by atoms with Gasteiger partial charge in [-0.15, -0.1) is 0 Å². The van der Waals surface area contributed by atoms with Gasteiger partial charge in [-0.25, -0.2) is 9.59 Å². The van der Waals surface area contributed by atoms with Crippen LogP contribution in [0, 0.1) is 11.8 Å². The maximum atomic E-state index is 13.3. The zero-order chi connectivity index (χ0) is 34.2. The summed E-state index contributed by atoms with van der Waals surface area (Å²) in [7, 11) is 0. The fourth-order valence-electron chi connectivity index (χ4n) is 5.52. The van der Waals surface area contributed by atoms with E-state index in [2.05, 4.69) is 55.9 Å². The number of urea groups is 1. The minimum atomic E-state index is -1.15. The monoisotopic (exact) mass is 638 g/mol. The number of hydrogen-bond donors (Lipinski definition) is 8. The molecule has 10 N–H and O–H groups in total. The first kappa shape index (κ1) is 40.3. The predicted molar refractivity (Wildman–Crippen MR) is 177 cm³/mol. The minimum Gasteiger partial charge on any atom is -0.480 e. The van der Waals surface area contributed by atoms with Crippen LogP contribution in [0.15, 0.2) is 11.1 Å². The summed E-state index contributed by atoms with van der Waals surface area (Å²) < 4.78 is 0. The molecule has 1 rings (SSSR count). The van der Waals surface area contributed by atoms with Crippen molar-refractivity contribution in [2.24, 2.45) is 23.3 Å². The van der Waals surface area contributed by atoms with E-state index in [-0.39, 0.29) is 30.8 Å². The first-order valence-corrected chi connectivity index (χ1v) is 16.8. The van der Waals surface area contributed by atoms with Gasteiger partial charge in [-0.05, 0) is 90.2 Å². The van der Waals surface area contributed by atoms with Crippen molar-refractivity contribution in [3.63, 3.8) is 0 Å². The summed E-state index contributed by atoms with van der Waals surface area (Å²) in [6.07, 6.45) is 8.06. The van der Waals surface area contributed by atoms with Gasteiger partial charge in [0, 0.05) is 18.0 Å². The van der Waals surface area contributed by atoms with Crippen molar-refractivity contribution in [2.45, 2.75) is 148 Å². The summed E-state index contributed by atoms with van der Waals surface area (Å²) in [5, 5.41) is 31.7. The molecule has 12 nitrogen and oxygen atoms in total. The highest BCUT2D eigenvalue weighted by Gasteiger charge is 2.34. The number of carbonyl (C=O) groups is 4. The molecule has 0 saturated heterocycles. The van der Waals surface area contributed by atoms with Crippen molar-refractivity contribution < 1.29 is 29.4 Å². The number of hydrogen-bond acceptors (Lipinski definition) is 7. The molecule has 45 heavy (non-hydrogen) atoms. The molecule has 1 aliphatic carbocycles. The SMILES string of the molecule is CC(C)CCCCCC(O)C1=C([C@@H](C)C(N)C(=O)N[C@@H](CCCNC(N)=O)C(=O)N[C@@H](CCCCNC(C)(C)C)C(=O)O)CC1. The van der Waals surface area contributed by atoms with E-state index in [1.54, 1.807) is 0 Å². The van der Waals surface area contributed by atoms with Crippen molar-refractivity contribution in [3.05, 3.63) is 11.1 Å². The number of unbranched alkanes of at least 4 members (excludes halogenated alkanes) is 3. The summed E-state index contributed by atoms with van der Waals surface area (Å²) in [5.74, 6) is -1.98. The number of aliphatic hydroxyl groups excluding tert-OH is 1. The standard InChI is InChI=1S/C33H62N6O6/c1-21(2)13-8-7-9-16-27(40)24-18-17-23(24)22(3)28(34)30(42)38-25(15-12-19-36-32(35)45)29(41)39-26(31(43)44)14-10-11-20-37-33(4,5)6/h21-22,25-28,37,40H,7-20,34H2,1-6H3,(H,38,42)(H,39,41)(H,43,44)(H3,35,36,45)/t22-,25+,26+,27?,28?/m1/s1. The number of amides is 4. The third-order valence-corrected chi connectivity index (χ3v) is 8.42. The molecule has 2 unspecified atom stereocenters. The number of carboxylic acids is 1. The molecule has 0 aliphatic heterocycles. The molecule has 0 aromatic rings. The molecule has 0 bridgehead atoms. The second-order valence-corrected chi connectivity index (χ2v) is 14.0. The van der Waals surface area contributed by atoms with Crippen LogP contribution in [0.25, 0.3) is 0 Å². The lowest BCUT2D eigenvalue weighted by atomic mass is 9.75. The molecule has 0 saturated carbocycles. The molecule has 0 spiro atoms. The molecule has 260 valence electrons. The Morgan fingerprint density at radius 2 is 1.36 bits per heavy atom. The van der Waals surface area contributed by atoms with Gasteiger partial charge < -0.3 is 42.9 Å². The van der Waals surface area contributed by atoms with Gasteiger partial charge in [0.25, 0.3) is 0 Å². The lowest BCUT2D eigenvalue weighted by Crippen LogP contribution is -2.56. The van der Waals surface area contributed by atoms with Gasteiger partial charge in [-0.2, -0.15) is 0 Å². The Morgan fingerprint density at radius 3 is 1.91 bits per heavy atom. The molecular formula is C33H62N6O6. The van der Waals surface area contributed by atoms with Gasteiger partial charge >= 0.3 is 12.0 Å². The second-order valence-electron chi connectivity index (χ2n) is 14.0. The molecule has 5 atom stereocenters. The van der Waals surface area contributed by atoms with Crippen molar-refractivity contribution in [2.75, 3.05) is 13.1 Å². The van der Waals surface area contributed by atoms with E-state index in [0.717, 1.165) is 56.2 Å². The van der Waals surface area contributed by atoms with E-state index < -0.39 is 48.0 Å². The van der Waals surface area contributed by atoms with Gasteiger partial charge in [0.15, 0.2) is 0 Å². The normalized spacial score (nSPS) is 16.7. The first-order chi connectivity index (χ1) is 21.0. The number of aliphatic carboxylic acids is 1. The zero-order valence-electron chi connectivity index (χ0n) is 28.5. The van der Waals surface area contributed by atoms with E-state index >= 15 is 0 Å². The topological polar surface area (TPSA) is 209 Å². The van der Waals surface area contributed by atoms with Gasteiger partial charge in [-0.3, -0.25) is 9.59 Å². The van der Waals surface area contributed by atoms with E-state index in [1.165, 1.54) is 6.42 Å². The minimum absolute atomic E-state index is 0.0446. The molecule has 4 amide bonds. The number of rotatable bonds is 23. The van der Waals surface area contributed by atoms with Crippen LogP contribution in [-0.4, -0.2) is 76.9 Å². The van der Waals surface area contributed by atoms with Crippen molar-refractivity contribution in [3.8, 4) is 0 Å². The second kappa shape index (κ2) is 20.4. The van der Waals surface area contributed by atoms with Crippen molar-refractivity contribution in [1.29, 1.82) is 0 Å². The number of nitrogens with two attached hydrogens (primary N) is 2. The van der Waals surface area contributed by atoms with E-state index in [1.807, 2.05) is 6.92 Å². The van der Waals surface area contributed by atoms with Crippen LogP contribution >= 0.6 is 0 Å². The highest BCUT2D eigenvalue weighted by Crippen LogP contribution is 2.38. The average Bonchev–Trinajstić information content (AvgIpc) is 2.91. The summed E-state index contributed by atoms with van der Waals surface area (Å²) in [6, 6.07) is -3.83. The average molecular weight is 639 g/mol.